The maximum Gasteiger partial charge on any atom is 0.276 e. The van der Waals surface area contributed by atoms with Crippen LogP contribution in [0, 0.1) is 0 Å². The Bertz CT molecular complexity index is 1090. The molecular formula is C22H24N4O2. The molecule has 0 fully saturated rings. The van der Waals surface area contributed by atoms with Crippen molar-refractivity contribution in [2.75, 3.05) is 5.32 Å². The van der Waals surface area contributed by atoms with Crippen LogP contribution in [0.2, 0.25) is 0 Å². The van der Waals surface area contributed by atoms with Crippen LogP contribution < -0.4 is 10.9 Å². The van der Waals surface area contributed by atoms with Crippen LogP contribution in [-0.4, -0.2) is 20.7 Å². The summed E-state index contributed by atoms with van der Waals surface area (Å²) in [7, 11) is 0. The number of rotatable bonds is 5. The van der Waals surface area contributed by atoms with Crippen LogP contribution >= 0.6 is 0 Å². The average molecular weight is 376 g/mol. The molecule has 1 N–H and O–H groups in total. The van der Waals surface area contributed by atoms with Crippen molar-refractivity contribution in [1.29, 1.82) is 0 Å². The molecule has 2 aromatic heterocycles. The Hall–Kier alpha value is -3.02. The highest BCUT2D eigenvalue weighted by Gasteiger charge is 2.20. The van der Waals surface area contributed by atoms with E-state index in [0.29, 0.717) is 6.54 Å². The molecule has 6 nitrogen and oxygen atoms in total. The molecular weight excluding hydrogens is 352 g/mol. The van der Waals surface area contributed by atoms with Gasteiger partial charge >= 0.3 is 0 Å². The van der Waals surface area contributed by atoms with E-state index in [1.165, 1.54) is 16.8 Å². The van der Waals surface area contributed by atoms with Crippen LogP contribution in [0.1, 0.15) is 54.4 Å². The standard InChI is InChI=1S/C22H24N4O2/c1-2-3-14-26-20(27)13-12-19(25-26)22(28)24-21-15-8-4-6-10-17(15)23-18-11-7-5-9-16(18)21/h4,6,8,10,12-13H,2-3,5,7,9,11,14H2,1H3,(H,23,24,28). The predicted octanol–water partition coefficient (Wildman–Crippen LogP) is 3.72. The molecule has 0 atom stereocenters. The number of anilines is 1. The number of carbonyl (C=O) groups excluding carboxylic acids is 1. The number of pyridine rings is 1. The minimum absolute atomic E-state index is 0.184. The van der Waals surface area contributed by atoms with Crippen molar-refractivity contribution in [1.82, 2.24) is 14.8 Å². The normalized spacial score (nSPS) is 13.3. The number of carbonyl (C=O) groups is 1. The van der Waals surface area contributed by atoms with Gasteiger partial charge in [0.15, 0.2) is 0 Å². The lowest BCUT2D eigenvalue weighted by Crippen LogP contribution is -2.26. The second-order valence-electron chi connectivity index (χ2n) is 7.22. The molecule has 2 heterocycles. The average Bonchev–Trinajstić information content (AvgIpc) is 2.73. The maximum absolute atomic E-state index is 13.0. The third-order valence-electron chi connectivity index (χ3n) is 5.23. The van der Waals surface area contributed by atoms with Crippen LogP contribution in [-0.2, 0) is 19.4 Å². The SMILES string of the molecule is CCCCn1nc(C(=O)Nc2c3c(nc4ccccc24)CCCC3)ccc1=O. The summed E-state index contributed by atoms with van der Waals surface area (Å²) in [4.78, 5) is 29.8. The highest BCUT2D eigenvalue weighted by atomic mass is 16.2. The van der Waals surface area contributed by atoms with E-state index in [1.54, 1.807) is 0 Å². The fraction of sp³-hybridized carbons (Fsp3) is 0.364. The molecule has 144 valence electrons. The van der Waals surface area contributed by atoms with Gasteiger partial charge < -0.3 is 5.32 Å². The molecule has 28 heavy (non-hydrogen) atoms. The lowest BCUT2D eigenvalue weighted by Gasteiger charge is -2.21. The van der Waals surface area contributed by atoms with Gasteiger partial charge in [0, 0.05) is 23.7 Å². The van der Waals surface area contributed by atoms with E-state index >= 15 is 0 Å². The second-order valence-corrected chi connectivity index (χ2v) is 7.22. The molecule has 0 saturated heterocycles. The van der Waals surface area contributed by atoms with E-state index in [-0.39, 0.29) is 17.2 Å². The van der Waals surface area contributed by atoms with Crippen LogP contribution in [0.3, 0.4) is 0 Å². The van der Waals surface area contributed by atoms with Crippen LogP contribution in [0.15, 0.2) is 41.2 Å². The van der Waals surface area contributed by atoms with E-state index in [0.717, 1.165) is 66.4 Å². The van der Waals surface area contributed by atoms with Crippen LogP contribution in [0.5, 0.6) is 0 Å². The lowest BCUT2D eigenvalue weighted by atomic mass is 9.92. The zero-order chi connectivity index (χ0) is 19.5. The highest BCUT2D eigenvalue weighted by Crippen LogP contribution is 2.33. The number of fused-ring (bicyclic) bond motifs is 2. The highest BCUT2D eigenvalue weighted by molar-refractivity contribution is 6.08. The predicted molar refractivity (Wildman–Crippen MR) is 110 cm³/mol. The van der Waals surface area contributed by atoms with E-state index < -0.39 is 0 Å². The Morgan fingerprint density at radius 3 is 2.82 bits per heavy atom. The Morgan fingerprint density at radius 2 is 1.96 bits per heavy atom. The molecule has 0 bridgehead atoms. The summed E-state index contributed by atoms with van der Waals surface area (Å²) < 4.78 is 1.37. The largest absolute Gasteiger partial charge is 0.320 e. The second kappa shape index (κ2) is 7.92. The minimum atomic E-state index is -0.297. The van der Waals surface area contributed by atoms with Gasteiger partial charge in [0.1, 0.15) is 5.69 Å². The summed E-state index contributed by atoms with van der Waals surface area (Å²) in [5, 5.41) is 8.29. The van der Waals surface area contributed by atoms with Gasteiger partial charge in [0.25, 0.3) is 11.5 Å². The molecule has 0 spiro atoms. The number of para-hydroxylation sites is 1. The summed E-state index contributed by atoms with van der Waals surface area (Å²) in [6.07, 6.45) is 5.86. The smallest absolute Gasteiger partial charge is 0.276 e. The Morgan fingerprint density at radius 1 is 1.14 bits per heavy atom. The fourth-order valence-corrected chi connectivity index (χ4v) is 3.73. The summed E-state index contributed by atoms with van der Waals surface area (Å²) in [5.41, 5.74) is 3.98. The number of aromatic nitrogens is 3. The number of benzene rings is 1. The van der Waals surface area contributed by atoms with Gasteiger partial charge in [-0.3, -0.25) is 14.6 Å². The fourth-order valence-electron chi connectivity index (χ4n) is 3.73. The molecule has 0 unspecified atom stereocenters. The van der Waals surface area contributed by atoms with Gasteiger partial charge in [-0.15, -0.1) is 0 Å². The van der Waals surface area contributed by atoms with Crippen molar-refractivity contribution in [3.8, 4) is 0 Å². The van der Waals surface area contributed by atoms with Gasteiger partial charge in [-0.2, -0.15) is 5.10 Å². The molecule has 0 radical (unpaired) electrons. The molecule has 1 aromatic carbocycles. The zero-order valence-corrected chi connectivity index (χ0v) is 16.1. The van der Waals surface area contributed by atoms with Crippen LogP contribution in [0.25, 0.3) is 10.9 Å². The van der Waals surface area contributed by atoms with Crippen molar-refractivity contribution in [3.05, 3.63) is 63.7 Å². The molecule has 6 heteroatoms. The number of hydrogen-bond acceptors (Lipinski definition) is 4. The molecule has 0 saturated carbocycles. The Labute approximate surface area is 163 Å². The molecule has 4 rings (SSSR count). The number of nitrogens with one attached hydrogen (secondary N) is 1. The van der Waals surface area contributed by atoms with Crippen molar-refractivity contribution in [3.63, 3.8) is 0 Å². The topological polar surface area (TPSA) is 76.9 Å². The maximum atomic E-state index is 13.0. The van der Waals surface area contributed by atoms with Crippen molar-refractivity contribution >= 4 is 22.5 Å². The van der Waals surface area contributed by atoms with E-state index in [1.807, 2.05) is 24.3 Å². The lowest BCUT2D eigenvalue weighted by molar-refractivity contribution is 0.101. The molecule has 1 aliphatic rings. The number of amides is 1. The number of aryl methyl sites for hydroxylation is 2. The number of unbranched alkanes of at least 4 members (excludes halogenated alkanes) is 1. The Kier molecular flexibility index (Phi) is 5.19. The first-order chi connectivity index (χ1) is 13.7. The summed E-state index contributed by atoms with van der Waals surface area (Å²) in [6, 6.07) is 10.8. The van der Waals surface area contributed by atoms with Crippen molar-refractivity contribution in [2.45, 2.75) is 52.0 Å². The van der Waals surface area contributed by atoms with E-state index in [9.17, 15) is 9.59 Å². The first kappa shape index (κ1) is 18.3. The summed E-state index contributed by atoms with van der Waals surface area (Å²) in [5.74, 6) is -0.297. The summed E-state index contributed by atoms with van der Waals surface area (Å²) in [6.45, 7) is 2.57. The quantitative estimate of drug-likeness (QED) is 0.736. The summed E-state index contributed by atoms with van der Waals surface area (Å²) >= 11 is 0. The van der Waals surface area contributed by atoms with Gasteiger partial charge in [-0.1, -0.05) is 31.5 Å². The third-order valence-corrected chi connectivity index (χ3v) is 5.23. The molecule has 0 aliphatic heterocycles. The number of hydrogen-bond donors (Lipinski definition) is 1. The van der Waals surface area contributed by atoms with Crippen molar-refractivity contribution in [2.24, 2.45) is 0 Å². The van der Waals surface area contributed by atoms with E-state index in [2.05, 4.69) is 17.3 Å². The Balaban J connectivity index is 1.72. The zero-order valence-electron chi connectivity index (χ0n) is 16.1. The van der Waals surface area contributed by atoms with Crippen molar-refractivity contribution < 1.29 is 4.79 Å². The first-order valence-corrected chi connectivity index (χ1v) is 9.97. The van der Waals surface area contributed by atoms with Gasteiger partial charge in [0.05, 0.1) is 11.2 Å². The van der Waals surface area contributed by atoms with Gasteiger partial charge in [0.2, 0.25) is 0 Å². The van der Waals surface area contributed by atoms with E-state index in [4.69, 9.17) is 4.98 Å². The number of nitrogens with zero attached hydrogens (tertiary/aromatic N) is 3. The first-order valence-electron chi connectivity index (χ1n) is 9.97. The monoisotopic (exact) mass is 376 g/mol. The van der Waals surface area contributed by atoms with Crippen LogP contribution in [0.4, 0.5) is 5.69 Å². The minimum Gasteiger partial charge on any atom is -0.320 e. The molecule has 3 aromatic rings. The molecule has 1 amide bonds. The van der Waals surface area contributed by atoms with Gasteiger partial charge in [-0.25, -0.2) is 4.68 Å². The molecule has 1 aliphatic carbocycles. The third kappa shape index (κ3) is 3.54. The van der Waals surface area contributed by atoms with Gasteiger partial charge in [-0.05, 0) is 49.8 Å².